The molecule has 0 amide bonds. The molecule has 2 aromatic rings. The van der Waals surface area contributed by atoms with Gasteiger partial charge >= 0.3 is 0 Å². The lowest BCUT2D eigenvalue weighted by atomic mass is 10.0. The van der Waals surface area contributed by atoms with Crippen LogP contribution < -0.4 is 0 Å². The molecule has 1 aliphatic carbocycles. The summed E-state index contributed by atoms with van der Waals surface area (Å²) in [6.45, 7) is 2.18. The minimum absolute atomic E-state index is 1.18. The Balaban J connectivity index is 2.17. The Morgan fingerprint density at radius 2 is 2.00 bits per heavy atom. The van der Waals surface area contributed by atoms with Gasteiger partial charge in [-0.15, -0.1) is 11.3 Å². The average Bonchev–Trinajstić information content (AvgIpc) is 2.69. The van der Waals surface area contributed by atoms with Crippen LogP contribution >= 0.6 is 11.3 Å². The molecule has 2 aromatic heterocycles. The second-order valence-corrected chi connectivity index (χ2v) is 5.25. The molecule has 0 radical (unpaired) electrons. The fourth-order valence-electron chi connectivity index (χ4n) is 2.50. The van der Waals surface area contributed by atoms with Crippen LogP contribution in [0, 0.1) is 6.92 Å². The third kappa shape index (κ3) is 1.49. The van der Waals surface area contributed by atoms with E-state index in [9.17, 15) is 0 Å². The molecule has 0 fully saturated rings. The van der Waals surface area contributed by atoms with E-state index in [1.54, 1.807) is 11.3 Å². The Hall–Kier alpha value is -0.830. The predicted octanol–water partition coefficient (Wildman–Crippen LogP) is 3.36. The summed E-state index contributed by atoms with van der Waals surface area (Å²) in [5.41, 5.74) is 4.21. The van der Waals surface area contributed by atoms with E-state index in [-0.39, 0.29) is 0 Å². The SMILES string of the molecule is Cc1csc2nc3c(n12)CCCCCC3. The lowest BCUT2D eigenvalue weighted by Gasteiger charge is -2.09. The number of aryl methyl sites for hydroxylation is 3. The van der Waals surface area contributed by atoms with Crippen LogP contribution in [0.4, 0.5) is 0 Å². The smallest absolute Gasteiger partial charge is 0.194 e. The number of nitrogens with zero attached hydrogens (tertiary/aromatic N) is 2. The molecule has 3 heteroatoms. The Bertz CT molecular complexity index is 481. The lowest BCUT2D eigenvalue weighted by molar-refractivity contribution is 0.604. The van der Waals surface area contributed by atoms with Crippen molar-refractivity contribution < 1.29 is 0 Å². The highest BCUT2D eigenvalue weighted by molar-refractivity contribution is 7.15. The van der Waals surface area contributed by atoms with Gasteiger partial charge in [0.05, 0.1) is 5.69 Å². The molecule has 0 atom stereocenters. The second-order valence-electron chi connectivity index (χ2n) is 4.41. The molecule has 0 aromatic carbocycles. The summed E-state index contributed by atoms with van der Waals surface area (Å²) in [5, 5.41) is 2.21. The molecule has 0 saturated heterocycles. The standard InChI is InChI=1S/C12H16N2S/c1-9-8-15-12-13-10-6-4-2-3-5-7-11(10)14(9)12/h8H,2-7H2,1H3. The predicted molar refractivity (Wildman–Crippen MR) is 63.7 cm³/mol. The summed E-state index contributed by atoms with van der Waals surface area (Å²) in [4.78, 5) is 5.95. The van der Waals surface area contributed by atoms with E-state index in [4.69, 9.17) is 4.98 Å². The van der Waals surface area contributed by atoms with Crippen molar-refractivity contribution in [1.29, 1.82) is 0 Å². The summed E-state index contributed by atoms with van der Waals surface area (Å²) in [7, 11) is 0. The highest BCUT2D eigenvalue weighted by Gasteiger charge is 2.15. The van der Waals surface area contributed by atoms with Crippen LogP contribution in [0.25, 0.3) is 4.96 Å². The largest absolute Gasteiger partial charge is 0.292 e. The Morgan fingerprint density at radius 1 is 1.20 bits per heavy atom. The molecule has 0 N–H and O–H groups in total. The van der Waals surface area contributed by atoms with Crippen LogP contribution in [0.15, 0.2) is 5.38 Å². The molecule has 3 rings (SSSR count). The Kier molecular flexibility index (Phi) is 2.28. The molecule has 1 aliphatic rings. The molecule has 0 aliphatic heterocycles. The van der Waals surface area contributed by atoms with Crippen molar-refractivity contribution in [2.75, 3.05) is 0 Å². The number of imidazole rings is 1. The van der Waals surface area contributed by atoms with Gasteiger partial charge in [0, 0.05) is 16.8 Å². The summed E-state index contributed by atoms with van der Waals surface area (Å²) < 4.78 is 2.37. The third-order valence-electron chi connectivity index (χ3n) is 3.29. The monoisotopic (exact) mass is 220 g/mol. The maximum atomic E-state index is 4.76. The van der Waals surface area contributed by atoms with E-state index in [0.29, 0.717) is 0 Å². The van der Waals surface area contributed by atoms with Gasteiger partial charge in [0.1, 0.15) is 0 Å². The van der Waals surface area contributed by atoms with Crippen molar-refractivity contribution in [1.82, 2.24) is 9.38 Å². The summed E-state index contributed by atoms with van der Waals surface area (Å²) in [6.07, 6.45) is 7.81. The molecular weight excluding hydrogens is 204 g/mol. The first-order valence-electron chi connectivity index (χ1n) is 5.80. The zero-order valence-corrected chi connectivity index (χ0v) is 9.94. The van der Waals surface area contributed by atoms with Gasteiger partial charge < -0.3 is 0 Å². The van der Waals surface area contributed by atoms with Gasteiger partial charge in [-0.25, -0.2) is 4.98 Å². The number of aromatic nitrogens is 2. The molecular formula is C12H16N2S. The lowest BCUT2D eigenvalue weighted by Crippen LogP contribution is -2.01. The van der Waals surface area contributed by atoms with Crippen LogP contribution in [0.5, 0.6) is 0 Å². The second kappa shape index (κ2) is 3.63. The number of hydrogen-bond donors (Lipinski definition) is 0. The van der Waals surface area contributed by atoms with Gasteiger partial charge in [0.15, 0.2) is 4.96 Å². The molecule has 0 saturated carbocycles. The Labute approximate surface area is 94.0 Å². The van der Waals surface area contributed by atoms with Crippen molar-refractivity contribution in [3.63, 3.8) is 0 Å². The highest BCUT2D eigenvalue weighted by atomic mass is 32.1. The zero-order chi connectivity index (χ0) is 10.3. The third-order valence-corrected chi connectivity index (χ3v) is 4.23. The van der Waals surface area contributed by atoms with Crippen LogP contribution in [-0.4, -0.2) is 9.38 Å². The van der Waals surface area contributed by atoms with Crippen molar-refractivity contribution >= 4 is 16.3 Å². The van der Waals surface area contributed by atoms with E-state index in [0.717, 1.165) is 0 Å². The highest BCUT2D eigenvalue weighted by Crippen LogP contribution is 2.25. The van der Waals surface area contributed by atoms with E-state index in [2.05, 4.69) is 16.7 Å². The Morgan fingerprint density at radius 3 is 2.87 bits per heavy atom. The maximum absolute atomic E-state index is 4.76. The molecule has 80 valence electrons. The van der Waals surface area contributed by atoms with Crippen LogP contribution in [0.2, 0.25) is 0 Å². The number of hydrogen-bond acceptors (Lipinski definition) is 2. The van der Waals surface area contributed by atoms with Gasteiger partial charge in [-0.1, -0.05) is 12.8 Å². The normalized spacial score (nSPS) is 17.4. The van der Waals surface area contributed by atoms with E-state index < -0.39 is 0 Å². The fraction of sp³-hybridized carbons (Fsp3) is 0.583. The van der Waals surface area contributed by atoms with Crippen LogP contribution in [0.3, 0.4) is 0 Å². The van der Waals surface area contributed by atoms with Gasteiger partial charge in [-0.05, 0) is 32.6 Å². The van der Waals surface area contributed by atoms with E-state index in [1.165, 1.54) is 60.6 Å². The van der Waals surface area contributed by atoms with Gasteiger partial charge in [-0.3, -0.25) is 4.40 Å². The maximum Gasteiger partial charge on any atom is 0.194 e. The number of fused-ring (bicyclic) bond motifs is 3. The number of thiazole rings is 1. The molecule has 2 nitrogen and oxygen atoms in total. The molecule has 0 bridgehead atoms. The van der Waals surface area contributed by atoms with Crippen molar-refractivity contribution in [3.8, 4) is 0 Å². The molecule has 2 heterocycles. The first kappa shape index (κ1) is 9.40. The van der Waals surface area contributed by atoms with E-state index >= 15 is 0 Å². The minimum Gasteiger partial charge on any atom is -0.292 e. The van der Waals surface area contributed by atoms with E-state index in [1.807, 2.05) is 0 Å². The molecule has 15 heavy (non-hydrogen) atoms. The summed E-state index contributed by atoms with van der Waals surface area (Å²) in [6, 6.07) is 0. The van der Waals surface area contributed by atoms with Crippen LogP contribution in [-0.2, 0) is 12.8 Å². The molecule has 0 spiro atoms. The average molecular weight is 220 g/mol. The van der Waals surface area contributed by atoms with Gasteiger partial charge in [-0.2, -0.15) is 0 Å². The van der Waals surface area contributed by atoms with Gasteiger partial charge in [0.2, 0.25) is 0 Å². The molecule has 0 unspecified atom stereocenters. The number of rotatable bonds is 0. The van der Waals surface area contributed by atoms with Crippen molar-refractivity contribution in [2.45, 2.75) is 45.4 Å². The zero-order valence-electron chi connectivity index (χ0n) is 9.12. The van der Waals surface area contributed by atoms with Crippen molar-refractivity contribution in [2.24, 2.45) is 0 Å². The van der Waals surface area contributed by atoms with Crippen molar-refractivity contribution in [3.05, 3.63) is 22.5 Å². The fourth-order valence-corrected chi connectivity index (χ4v) is 3.41. The first-order valence-corrected chi connectivity index (χ1v) is 6.68. The summed E-state index contributed by atoms with van der Waals surface area (Å²) in [5.74, 6) is 0. The summed E-state index contributed by atoms with van der Waals surface area (Å²) >= 11 is 1.77. The first-order chi connectivity index (χ1) is 7.36. The quantitative estimate of drug-likeness (QED) is 0.665. The van der Waals surface area contributed by atoms with Gasteiger partial charge in [0.25, 0.3) is 0 Å². The van der Waals surface area contributed by atoms with Crippen LogP contribution in [0.1, 0.15) is 42.8 Å². The topological polar surface area (TPSA) is 17.3 Å². The minimum atomic E-state index is 1.18.